The third-order valence-electron chi connectivity index (χ3n) is 5.47. The number of nitrogens with one attached hydrogen (secondary N) is 1. The van der Waals surface area contributed by atoms with E-state index in [0.29, 0.717) is 17.1 Å². The van der Waals surface area contributed by atoms with Crippen LogP contribution >= 0.6 is 0 Å². The molecule has 4 rings (SSSR count). The van der Waals surface area contributed by atoms with Crippen molar-refractivity contribution in [2.75, 3.05) is 18.4 Å². The van der Waals surface area contributed by atoms with Crippen molar-refractivity contribution in [3.05, 3.63) is 71.1 Å². The zero-order chi connectivity index (χ0) is 21.8. The van der Waals surface area contributed by atoms with Gasteiger partial charge in [0.2, 0.25) is 5.91 Å². The number of amides is 1. The fourth-order valence-corrected chi connectivity index (χ4v) is 3.78. The largest absolute Gasteiger partial charge is 0.322 e. The minimum absolute atomic E-state index is 0.133. The standard InChI is InChI=1S/C23H25FN6O/c1-16-12-18(6-7-21(16)24)15-30-10-8-17(9-11-30)13-22(31)25-20-5-3-4-19(14-20)23-26-27-28-29(23)2/h3-7,12-14H,8-11,15H2,1-2H3,(H,25,31). The maximum absolute atomic E-state index is 13.4. The molecule has 0 radical (unpaired) electrons. The van der Waals surface area contributed by atoms with Gasteiger partial charge in [0.15, 0.2) is 5.82 Å². The summed E-state index contributed by atoms with van der Waals surface area (Å²) in [6.45, 7) is 4.34. The Morgan fingerprint density at radius 2 is 2.00 bits per heavy atom. The molecule has 0 atom stereocenters. The fourth-order valence-electron chi connectivity index (χ4n) is 3.78. The Labute approximate surface area is 180 Å². The molecule has 0 bridgehead atoms. The van der Waals surface area contributed by atoms with E-state index >= 15 is 0 Å². The second-order valence-electron chi connectivity index (χ2n) is 7.86. The van der Waals surface area contributed by atoms with Gasteiger partial charge in [-0.2, -0.15) is 0 Å². The van der Waals surface area contributed by atoms with E-state index in [1.54, 1.807) is 24.7 Å². The first-order chi connectivity index (χ1) is 15.0. The average molecular weight is 420 g/mol. The minimum Gasteiger partial charge on any atom is -0.322 e. The number of hydrogen-bond acceptors (Lipinski definition) is 5. The van der Waals surface area contributed by atoms with Crippen molar-refractivity contribution >= 4 is 11.6 Å². The molecular formula is C23H25FN6O. The molecule has 1 aliphatic rings. The van der Waals surface area contributed by atoms with Gasteiger partial charge in [0.25, 0.3) is 0 Å². The molecule has 2 heterocycles. The quantitative estimate of drug-likeness (QED) is 0.640. The molecule has 1 fully saturated rings. The molecule has 1 N–H and O–H groups in total. The first kappa shape index (κ1) is 20.9. The maximum atomic E-state index is 13.4. The molecular weight excluding hydrogens is 395 g/mol. The van der Waals surface area contributed by atoms with Crippen molar-refractivity contribution < 1.29 is 9.18 Å². The van der Waals surface area contributed by atoms with Gasteiger partial charge in [-0.05, 0) is 59.5 Å². The van der Waals surface area contributed by atoms with Gasteiger partial charge in [0.1, 0.15) is 5.82 Å². The Morgan fingerprint density at radius 3 is 2.71 bits per heavy atom. The van der Waals surface area contributed by atoms with Crippen LogP contribution in [0.5, 0.6) is 0 Å². The first-order valence-electron chi connectivity index (χ1n) is 10.3. The Morgan fingerprint density at radius 1 is 1.19 bits per heavy atom. The highest BCUT2D eigenvalue weighted by Crippen LogP contribution is 2.21. The summed E-state index contributed by atoms with van der Waals surface area (Å²) in [6.07, 6.45) is 3.40. The number of nitrogens with zero attached hydrogens (tertiary/aromatic N) is 5. The van der Waals surface area contributed by atoms with Crippen LogP contribution in [0.15, 0.2) is 54.1 Å². The van der Waals surface area contributed by atoms with E-state index in [-0.39, 0.29) is 11.7 Å². The van der Waals surface area contributed by atoms with E-state index in [1.807, 2.05) is 36.4 Å². The van der Waals surface area contributed by atoms with Gasteiger partial charge in [-0.1, -0.05) is 29.8 Å². The molecule has 1 aromatic heterocycles. The topological polar surface area (TPSA) is 75.9 Å². The average Bonchev–Trinajstić information content (AvgIpc) is 3.18. The van der Waals surface area contributed by atoms with Gasteiger partial charge >= 0.3 is 0 Å². The van der Waals surface area contributed by atoms with Crippen LogP contribution in [0, 0.1) is 12.7 Å². The molecule has 160 valence electrons. The number of carbonyl (C=O) groups is 1. The fraction of sp³-hybridized carbons (Fsp3) is 0.304. The molecule has 0 spiro atoms. The molecule has 2 aromatic carbocycles. The monoisotopic (exact) mass is 420 g/mol. The SMILES string of the molecule is Cc1cc(CN2CCC(=CC(=O)Nc3cccc(-c4nnnn4C)c3)CC2)ccc1F. The lowest BCUT2D eigenvalue weighted by Gasteiger charge is -2.28. The summed E-state index contributed by atoms with van der Waals surface area (Å²) in [5.41, 5.74) is 4.46. The van der Waals surface area contributed by atoms with Crippen LogP contribution < -0.4 is 5.32 Å². The number of likely N-dealkylation sites (tertiary alicyclic amines) is 1. The second-order valence-corrected chi connectivity index (χ2v) is 7.86. The van der Waals surface area contributed by atoms with E-state index in [1.165, 1.54) is 6.07 Å². The molecule has 3 aromatic rings. The maximum Gasteiger partial charge on any atom is 0.248 e. The molecule has 1 amide bonds. The number of benzene rings is 2. The van der Waals surface area contributed by atoms with E-state index < -0.39 is 0 Å². The van der Waals surface area contributed by atoms with Gasteiger partial charge in [0.05, 0.1) is 0 Å². The molecule has 8 heteroatoms. The molecule has 7 nitrogen and oxygen atoms in total. The number of anilines is 1. The first-order valence-corrected chi connectivity index (χ1v) is 10.3. The van der Waals surface area contributed by atoms with Gasteiger partial charge < -0.3 is 5.32 Å². The number of aromatic nitrogens is 4. The number of piperidine rings is 1. The second kappa shape index (κ2) is 9.18. The summed E-state index contributed by atoms with van der Waals surface area (Å²) in [6, 6.07) is 12.7. The number of halogens is 1. The molecule has 31 heavy (non-hydrogen) atoms. The van der Waals surface area contributed by atoms with Crippen LogP contribution in [0.2, 0.25) is 0 Å². The predicted molar refractivity (Wildman–Crippen MR) is 117 cm³/mol. The minimum atomic E-state index is -0.169. The molecule has 0 unspecified atom stereocenters. The van der Waals surface area contributed by atoms with E-state index in [0.717, 1.165) is 49.2 Å². The van der Waals surface area contributed by atoms with E-state index in [4.69, 9.17) is 0 Å². The molecule has 1 aliphatic heterocycles. The van der Waals surface area contributed by atoms with Gasteiger partial charge in [0, 0.05) is 44.0 Å². The zero-order valence-corrected chi connectivity index (χ0v) is 17.7. The van der Waals surface area contributed by atoms with Crippen molar-refractivity contribution in [1.82, 2.24) is 25.1 Å². The Hall–Kier alpha value is -3.39. The lowest BCUT2D eigenvalue weighted by Crippen LogP contribution is -2.30. The molecule has 0 aliphatic carbocycles. The van der Waals surface area contributed by atoms with Crippen LogP contribution in [-0.2, 0) is 18.4 Å². The van der Waals surface area contributed by atoms with Gasteiger partial charge in [-0.3, -0.25) is 9.69 Å². The summed E-state index contributed by atoms with van der Waals surface area (Å²) in [4.78, 5) is 14.8. The van der Waals surface area contributed by atoms with Crippen LogP contribution in [0.3, 0.4) is 0 Å². The lowest BCUT2D eigenvalue weighted by molar-refractivity contribution is -0.112. The zero-order valence-electron chi connectivity index (χ0n) is 17.7. The number of aryl methyl sites for hydroxylation is 2. The van der Waals surface area contributed by atoms with Crippen molar-refractivity contribution in [2.24, 2.45) is 7.05 Å². The van der Waals surface area contributed by atoms with Gasteiger partial charge in [-0.25, -0.2) is 9.07 Å². The third-order valence-corrected chi connectivity index (χ3v) is 5.47. The predicted octanol–water partition coefficient (Wildman–Crippen LogP) is 3.49. The number of tetrazole rings is 1. The summed E-state index contributed by atoms with van der Waals surface area (Å²) in [5, 5.41) is 14.4. The highest BCUT2D eigenvalue weighted by atomic mass is 19.1. The summed E-state index contributed by atoms with van der Waals surface area (Å²) >= 11 is 0. The van der Waals surface area contributed by atoms with Crippen LogP contribution in [0.1, 0.15) is 24.0 Å². The summed E-state index contributed by atoms with van der Waals surface area (Å²) < 4.78 is 15.0. The van der Waals surface area contributed by atoms with Crippen molar-refractivity contribution in [3.63, 3.8) is 0 Å². The van der Waals surface area contributed by atoms with E-state index in [9.17, 15) is 9.18 Å². The molecule has 0 saturated carbocycles. The summed E-state index contributed by atoms with van der Waals surface area (Å²) in [7, 11) is 1.77. The normalized spacial score (nSPS) is 14.5. The van der Waals surface area contributed by atoms with Crippen molar-refractivity contribution in [3.8, 4) is 11.4 Å². The van der Waals surface area contributed by atoms with Crippen molar-refractivity contribution in [2.45, 2.75) is 26.3 Å². The Kier molecular flexibility index (Phi) is 6.18. The number of carbonyl (C=O) groups excluding carboxylic acids is 1. The van der Waals surface area contributed by atoms with Gasteiger partial charge in [-0.15, -0.1) is 5.10 Å². The van der Waals surface area contributed by atoms with Crippen LogP contribution in [-0.4, -0.2) is 44.1 Å². The smallest absolute Gasteiger partial charge is 0.248 e. The Bertz CT molecular complexity index is 1110. The van der Waals surface area contributed by atoms with Crippen LogP contribution in [0.4, 0.5) is 10.1 Å². The number of rotatable bonds is 5. The highest BCUT2D eigenvalue weighted by Gasteiger charge is 2.16. The summed E-state index contributed by atoms with van der Waals surface area (Å²) in [5.74, 6) is 0.335. The van der Waals surface area contributed by atoms with Crippen LogP contribution in [0.25, 0.3) is 11.4 Å². The molecule has 1 saturated heterocycles. The number of hydrogen-bond donors (Lipinski definition) is 1. The Balaban J connectivity index is 1.32. The third kappa shape index (κ3) is 5.21. The van der Waals surface area contributed by atoms with Crippen molar-refractivity contribution in [1.29, 1.82) is 0 Å². The van der Waals surface area contributed by atoms with E-state index in [2.05, 4.69) is 25.7 Å². The highest BCUT2D eigenvalue weighted by molar-refractivity contribution is 6.00. The lowest BCUT2D eigenvalue weighted by atomic mass is 10.0.